The summed E-state index contributed by atoms with van der Waals surface area (Å²) in [7, 11) is 0. The predicted octanol–water partition coefficient (Wildman–Crippen LogP) is 3.87. The Morgan fingerprint density at radius 1 is 1.05 bits per heavy atom. The molecular weight excluding hydrogens is 255 g/mol. The normalized spacial score (nSPS) is 11.2. The van der Waals surface area contributed by atoms with Gasteiger partial charge in [-0.05, 0) is 30.7 Å². The van der Waals surface area contributed by atoms with E-state index in [1.807, 2.05) is 0 Å². The molecular formula is C14H10F3NO. The number of para-hydroxylation sites is 1. The molecule has 0 heterocycles. The lowest BCUT2D eigenvalue weighted by molar-refractivity contribution is 0.470. The number of halogens is 3. The van der Waals surface area contributed by atoms with Crippen molar-refractivity contribution < 1.29 is 18.3 Å². The minimum absolute atomic E-state index is 0.0385. The third-order valence-corrected chi connectivity index (χ3v) is 2.62. The average Bonchev–Trinajstić information content (AvgIpc) is 2.39. The summed E-state index contributed by atoms with van der Waals surface area (Å²) in [6, 6.07) is 6.35. The maximum atomic E-state index is 13.4. The van der Waals surface area contributed by atoms with Crippen molar-refractivity contribution in [2.75, 3.05) is 0 Å². The molecule has 0 aromatic heterocycles. The van der Waals surface area contributed by atoms with Gasteiger partial charge in [0.05, 0.1) is 0 Å². The zero-order valence-electron chi connectivity index (χ0n) is 9.99. The summed E-state index contributed by atoms with van der Waals surface area (Å²) < 4.78 is 39.6. The standard InChI is InChI=1S/C14H10F3NO/c1-8-3-2-4-9(14(8)19)7-18-13-11(16)6-5-10(15)12(13)17/h2-7,19H,1H3. The lowest BCUT2D eigenvalue weighted by Gasteiger charge is -2.03. The van der Waals surface area contributed by atoms with Crippen LogP contribution in [0.3, 0.4) is 0 Å². The second-order valence-corrected chi connectivity index (χ2v) is 3.96. The fourth-order valence-corrected chi connectivity index (χ4v) is 1.55. The summed E-state index contributed by atoms with van der Waals surface area (Å²) in [5.74, 6) is -3.55. The van der Waals surface area contributed by atoms with E-state index in [4.69, 9.17) is 0 Å². The highest BCUT2D eigenvalue weighted by molar-refractivity contribution is 5.86. The quantitative estimate of drug-likeness (QED) is 0.649. The number of benzene rings is 2. The molecule has 0 radical (unpaired) electrons. The molecule has 0 unspecified atom stereocenters. The van der Waals surface area contributed by atoms with E-state index in [-0.39, 0.29) is 5.75 Å². The smallest absolute Gasteiger partial charge is 0.187 e. The van der Waals surface area contributed by atoms with Gasteiger partial charge in [0.15, 0.2) is 17.5 Å². The molecule has 2 nitrogen and oxygen atoms in total. The first-order valence-corrected chi connectivity index (χ1v) is 5.47. The van der Waals surface area contributed by atoms with Crippen molar-refractivity contribution in [3.05, 3.63) is 58.9 Å². The largest absolute Gasteiger partial charge is 0.507 e. The molecule has 0 bridgehead atoms. The van der Waals surface area contributed by atoms with Gasteiger partial charge in [-0.2, -0.15) is 0 Å². The number of phenolic OH excluding ortho intramolecular Hbond substituents is 1. The fraction of sp³-hybridized carbons (Fsp3) is 0.0714. The zero-order chi connectivity index (χ0) is 14.0. The Hall–Kier alpha value is -2.30. The molecule has 0 aliphatic heterocycles. The number of rotatable bonds is 2. The number of phenols is 1. The summed E-state index contributed by atoms with van der Waals surface area (Å²) in [6.45, 7) is 1.68. The van der Waals surface area contributed by atoms with Crippen LogP contribution < -0.4 is 0 Å². The number of hydrogen-bond donors (Lipinski definition) is 1. The SMILES string of the molecule is Cc1cccc(C=Nc2c(F)ccc(F)c2F)c1O. The highest BCUT2D eigenvalue weighted by atomic mass is 19.2. The van der Waals surface area contributed by atoms with E-state index in [0.29, 0.717) is 17.2 Å². The summed E-state index contributed by atoms with van der Waals surface area (Å²) in [6.07, 6.45) is 1.09. The van der Waals surface area contributed by atoms with Gasteiger partial charge in [0.1, 0.15) is 11.4 Å². The Balaban J connectivity index is 2.44. The van der Waals surface area contributed by atoms with E-state index < -0.39 is 23.1 Å². The Morgan fingerprint density at radius 2 is 1.74 bits per heavy atom. The molecule has 0 amide bonds. The first-order valence-electron chi connectivity index (χ1n) is 5.47. The van der Waals surface area contributed by atoms with Crippen molar-refractivity contribution in [2.45, 2.75) is 6.92 Å². The van der Waals surface area contributed by atoms with E-state index in [1.54, 1.807) is 19.1 Å². The predicted molar refractivity (Wildman–Crippen MR) is 66.4 cm³/mol. The highest BCUT2D eigenvalue weighted by Gasteiger charge is 2.12. The second kappa shape index (κ2) is 5.14. The molecule has 0 aliphatic carbocycles. The number of aryl methyl sites for hydroxylation is 1. The van der Waals surface area contributed by atoms with E-state index in [0.717, 1.165) is 12.3 Å². The van der Waals surface area contributed by atoms with E-state index in [9.17, 15) is 18.3 Å². The average molecular weight is 265 g/mol. The Kier molecular flexibility index (Phi) is 3.55. The van der Waals surface area contributed by atoms with Crippen molar-refractivity contribution >= 4 is 11.9 Å². The van der Waals surface area contributed by atoms with Crippen molar-refractivity contribution in [1.82, 2.24) is 0 Å². The van der Waals surface area contributed by atoms with Gasteiger partial charge >= 0.3 is 0 Å². The van der Waals surface area contributed by atoms with Crippen LogP contribution in [-0.2, 0) is 0 Å². The monoisotopic (exact) mass is 265 g/mol. The van der Waals surface area contributed by atoms with Crippen molar-refractivity contribution in [1.29, 1.82) is 0 Å². The molecule has 2 aromatic carbocycles. The molecule has 19 heavy (non-hydrogen) atoms. The van der Waals surface area contributed by atoms with Crippen molar-refractivity contribution in [2.24, 2.45) is 4.99 Å². The topological polar surface area (TPSA) is 32.6 Å². The molecule has 98 valence electrons. The summed E-state index contributed by atoms with van der Waals surface area (Å²) >= 11 is 0. The molecule has 2 rings (SSSR count). The van der Waals surface area contributed by atoms with Crippen LogP contribution >= 0.6 is 0 Å². The van der Waals surface area contributed by atoms with Crippen molar-refractivity contribution in [3.8, 4) is 5.75 Å². The minimum atomic E-state index is -1.36. The molecule has 5 heteroatoms. The van der Waals surface area contributed by atoms with Gasteiger partial charge in [-0.25, -0.2) is 18.2 Å². The van der Waals surface area contributed by atoms with Crippen molar-refractivity contribution in [3.63, 3.8) is 0 Å². The minimum Gasteiger partial charge on any atom is -0.507 e. The molecule has 2 aromatic rings. The molecule has 0 fully saturated rings. The number of hydrogen-bond acceptors (Lipinski definition) is 2. The first kappa shape index (κ1) is 13.1. The van der Waals surface area contributed by atoms with Crippen LogP contribution in [0.2, 0.25) is 0 Å². The van der Waals surface area contributed by atoms with Gasteiger partial charge in [-0.15, -0.1) is 0 Å². The number of aromatic hydroxyl groups is 1. The van der Waals surface area contributed by atoms with Gasteiger partial charge in [0, 0.05) is 11.8 Å². The summed E-state index contributed by atoms with van der Waals surface area (Å²) in [4.78, 5) is 3.56. The third-order valence-electron chi connectivity index (χ3n) is 2.62. The lowest BCUT2D eigenvalue weighted by atomic mass is 10.1. The van der Waals surface area contributed by atoms with E-state index in [2.05, 4.69) is 4.99 Å². The molecule has 0 aliphatic rings. The van der Waals surface area contributed by atoms with Crippen LogP contribution in [-0.4, -0.2) is 11.3 Å². The number of nitrogens with zero attached hydrogens (tertiary/aromatic N) is 1. The van der Waals surface area contributed by atoms with Crippen LogP contribution in [0.15, 0.2) is 35.3 Å². The molecule has 0 saturated carbocycles. The van der Waals surface area contributed by atoms with E-state index >= 15 is 0 Å². The maximum Gasteiger partial charge on any atom is 0.187 e. The third kappa shape index (κ3) is 2.59. The van der Waals surface area contributed by atoms with Crippen LogP contribution in [0.25, 0.3) is 0 Å². The van der Waals surface area contributed by atoms with Crippen LogP contribution in [0.4, 0.5) is 18.9 Å². The molecule has 0 atom stereocenters. The van der Waals surface area contributed by atoms with Gasteiger partial charge in [0.25, 0.3) is 0 Å². The second-order valence-electron chi connectivity index (χ2n) is 3.96. The molecule has 0 spiro atoms. The zero-order valence-corrected chi connectivity index (χ0v) is 9.99. The Morgan fingerprint density at radius 3 is 2.47 bits per heavy atom. The first-order chi connectivity index (χ1) is 9.00. The Labute approximate surface area is 107 Å². The fourth-order valence-electron chi connectivity index (χ4n) is 1.55. The van der Waals surface area contributed by atoms with Gasteiger partial charge in [0.2, 0.25) is 0 Å². The summed E-state index contributed by atoms with van der Waals surface area (Å²) in [5, 5.41) is 9.72. The molecule has 0 saturated heterocycles. The van der Waals surface area contributed by atoms with Crippen LogP contribution in [0, 0.1) is 24.4 Å². The highest BCUT2D eigenvalue weighted by Crippen LogP contribution is 2.25. The number of aliphatic imine (C=N–C) groups is 1. The summed E-state index contributed by atoms with van der Waals surface area (Å²) in [5.41, 5.74) is 0.174. The lowest BCUT2D eigenvalue weighted by Crippen LogP contribution is -1.90. The van der Waals surface area contributed by atoms with Gasteiger partial charge in [-0.1, -0.05) is 12.1 Å². The molecule has 1 N–H and O–H groups in total. The maximum absolute atomic E-state index is 13.4. The Bertz CT molecular complexity index is 653. The van der Waals surface area contributed by atoms with Crippen LogP contribution in [0.1, 0.15) is 11.1 Å². The van der Waals surface area contributed by atoms with Gasteiger partial charge < -0.3 is 5.11 Å². The van der Waals surface area contributed by atoms with E-state index in [1.165, 1.54) is 6.07 Å². The van der Waals surface area contributed by atoms with Crippen LogP contribution in [0.5, 0.6) is 5.75 Å². The van der Waals surface area contributed by atoms with Gasteiger partial charge in [-0.3, -0.25) is 0 Å².